The highest BCUT2D eigenvalue weighted by molar-refractivity contribution is 7.47. The molecule has 0 spiro atoms. The van der Waals surface area contributed by atoms with E-state index in [-0.39, 0.29) is 25.7 Å². The van der Waals surface area contributed by atoms with E-state index >= 15 is 0 Å². The van der Waals surface area contributed by atoms with Crippen molar-refractivity contribution < 1.29 is 80.2 Å². The minimum absolute atomic E-state index is 0.103. The minimum atomic E-state index is -4.96. The van der Waals surface area contributed by atoms with Gasteiger partial charge in [-0.05, 0) is 43.4 Å². The zero-order valence-electron chi connectivity index (χ0n) is 62.1. The number of phosphoric acid groups is 2. The molecule has 0 aromatic heterocycles. The Morgan fingerprint density at radius 1 is 0.305 bits per heavy atom. The Kier molecular flexibility index (Phi) is 65.2. The van der Waals surface area contributed by atoms with Crippen LogP contribution in [-0.4, -0.2) is 96.7 Å². The molecule has 0 aromatic rings. The summed E-state index contributed by atoms with van der Waals surface area (Å²) in [5, 5.41) is 10.6. The second-order valence-corrected chi connectivity index (χ2v) is 31.3. The number of aliphatic hydroxyl groups is 1. The van der Waals surface area contributed by atoms with Gasteiger partial charge in [0.15, 0.2) is 12.2 Å². The molecule has 4 unspecified atom stereocenters. The first-order valence-electron chi connectivity index (χ1n) is 39.4. The molecule has 7 atom stereocenters. The number of aliphatic hydroxyl groups excluding tert-OH is 1. The Morgan fingerprint density at radius 3 is 0.800 bits per heavy atom. The largest absolute Gasteiger partial charge is 0.472 e. The molecule has 0 aliphatic rings. The van der Waals surface area contributed by atoms with E-state index in [0.717, 1.165) is 114 Å². The molecule has 0 fully saturated rings. The molecule has 0 amide bonds. The predicted octanol–water partition coefficient (Wildman–Crippen LogP) is 22.2. The van der Waals surface area contributed by atoms with Gasteiger partial charge >= 0.3 is 39.5 Å². The Hall–Kier alpha value is -1.94. The summed E-state index contributed by atoms with van der Waals surface area (Å²) in [6.07, 6.45) is 52.8. The van der Waals surface area contributed by atoms with E-state index < -0.39 is 97.5 Å². The van der Waals surface area contributed by atoms with Crippen molar-refractivity contribution >= 4 is 39.5 Å². The quantitative estimate of drug-likeness (QED) is 0.0222. The van der Waals surface area contributed by atoms with Crippen molar-refractivity contribution in [3.63, 3.8) is 0 Å². The molecule has 0 saturated carbocycles. The molecule has 0 heterocycles. The molecule has 0 bridgehead atoms. The van der Waals surface area contributed by atoms with Crippen molar-refractivity contribution in [2.75, 3.05) is 39.6 Å². The third-order valence-electron chi connectivity index (χ3n) is 18.4. The Morgan fingerprint density at radius 2 is 0.537 bits per heavy atom. The van der Waals surface area contributed by atoms with Gasteiger partial charge < -0.3 is 33.8 Å². The van der Waals surface area contributed by atoms with Crippen LogP contribution in [0.5, 0.6) is 0 Å². The lowest BCUT2D eigenvalue weighted by atomic mass is 9.99. The van der Waals surface area contributed by atoms with Gasteiger partial charge in [0.25, 0.3) is 0 Å². The molecular weight excluding hydrogens is 1250 g/mol. The molecule has 0 radical (unpaired) electrons. The maximum absolute atomic E-state index is 13.1. The zero-order valence-corrected chi connectivity index (χ0v) is 63.9. The third kappa shape index (κ3) is 67.6. The van der Waals surface area contributed by atoms with E-state index in [1.54, 1.807) is 0 Å². The molecule has 0 saturated heterocycles. The first-order valence-corrected chi connectivity index (χ1v) is 42.4. The molecule has 0 rings (SSSR count). The van der Waals surface area contributed by atoms with Crippen LogP contribution in [-0.2, 0) is 65.4 Å². The Bertz CT molecular complexity index is 1860. The number of carbonyl (C=O) groups excluding carboxylic acids is 4. The molecule has 0 aliphatic heterocycles. The highest BCUT2D eigenvalue weighted by Gasteiger charge is 2.30. The van der Waals surface area contributed by atoms with Crippen LogP contribution in [0.25, 0.3) is 0 Å². The van der Waals surface area contributed by atoms with Gasteiger partial charge in [0.2, 0.25) is 0 Å². The van der Waals surface area contributed by atoms with E-state index in [1.165, 1.54) is 193 Å². The highest BCUT2D eigenvalue weighted by atomic mass is 31.2. The number of phosphoric ester groups is 2. The molecule has 95 heavy (non-hydrogen) atoms. The van der Waals surface area contributed by atoms with Crippen molar-refractivity contribution in [3.8, 4) is 0 Å². The molecule has 0 aromatic carbocycles. The maximum Gasteiger partial charge on any atom is 0.472 e. The second-order valence-electron chi connectivity index (χ2n) is 28.4. The van der Waals surface area contributed by atoms with Crippen molar-refractivity contribution in [2.45, 2.75) is 407 Å². The standard InChI is InChI=1S/C76H148O17P2/c1-8-11-12-13-14-15-16-17-18-19-20-21-22-23-24-25-30-36-45-52-59-75(80)92-71(63-86-73(78)57-50-43-35-29-27-26-28-34-41-48-55-68(6)9-2)65-90-94(82,83)88-61-70(77)62-89-95(84,85)91-66-72(64-87-74(79)58-51-44-39-38-42-49-56-69(7)10-3)93-76(81)60-53-46-37-32-31-33-40-47-54-67(4)5/h67-72,77H,8-66H2,1-7H3,(H,82,83)(H,84,85)/t68?,69?,70-,71-,72-/m1/s1. The number of carbonyl (C=O) groups is 4. The molecule has 0 aliphatic carbocycles. The first kappa shape index (κ1) is 93.1. The van der Waals surface area contributed by atoms with Gasteiger partial charge in [-0.3, -0.25) is 37.3 Å². The average molecular weight is 1400 g/mol. The van der Waals surface area contributed by atoms with Crippen LogP contribution in [0.1, 0.15) is 389 Å². The lowest BCUT2D eigenvalue weighted by molar-refractivity contribution is -0.161. The van der Waals surface area contributed by atoms with Crippen LogP contribution in [0, 0.1) is 17.8 Å². The van der Waals surface area contributed by atoms with E-state index in [1.807, 2.05) is 0 Å². The normalized spacial score (nSPS) is 14.6. The summed E-state index contributed by atoms with van der Waals surface area (Å²) in [5.41, 5.74) is 0. The summed E-state index contributed by atoms with van der Waals surface area (Å²) in [5.74, 6) is 0.137. The molecule has 3 N–H and O–H groups in total. The van der Waals surface area contributed by atoms with E-state index in [4.69, 9.17) is 37.0 Å². The van der Waals surface area contributed by atoms with Crippen molar-refractivity contribution in [1.29, 1.82) is 0 Å². The average Bonchev–Trinajstić information content (AvgIpc) is 1.39. The number of unbranched alkanes of at least 4 members (excludes halogenated alkanes) is 40. The lowest BCUT2D eigenvalue weighted by Crippen LogP contribution is -2.30. The van der Waals surface area contributed by atoms with Gasteiger partial charge in [0, 0.05) is 25.7 Å². The van der Waals surface area contributed by atoms with Gasteiger partial charge in [0.05, 0.1) is 26.4 Å². The SMILES string of the molecule is CCCCCCCCCCCCCCCCCCCCCCC(=O)O[C@H](COC(=O)CCCCCCCCCCCCC(C)CC)COP(=O)(O)OC[C@@H](O)COP(=O)(O)OC[C@@H](COC(=O)CCCCCCCCC(C)CC)OC(=O)CCCCCCCCCCC(C)C. The first-order chi connectivity index (χ1) is 45.8. The van der Waals surface area contributed by atoms with E-state index in [9.17, 15) is 43.2 Å². The van der Waals surface area contributed by atoms with Crippen molar-refractivity contribution in [3.05, 3.63) is 0 Å². The number of esters is 4. The number of rotatable bonds is 74. The fourth-order valence-electron chi connectivity index (χ4n) is 11.5. The van der Waals surface area contributed by atoms with Gasteiger partial charge in [-0.25, -0.2) is 9.13 Å². The van der Waals surface area contributed by atoms with Gasteiger partial charge in [-0.2, -0.15) is 0 Å². The van der Waals surface area contributed by atoms with Crippen molar-refractivity contribution in [2.24, 2.45) is 17.8 Å². The maximum atomic E-state index is 13.1. The smallest absolute Gasteiger partial charge is 0.462 e. The van der Waals surface area contributed by atoms with Crippen LogP contribution in [0.2, 0.25) is 0 Å². The lowest BCUT2D eigenvalue weighted by Gasteiger charge is -2.21. The fourth-order valence-corrected chi connectivity index (χ4v) is 13.1. The third-order valence-corrected chi connectivity index (χ3v) is 20.3. The molecule has 564 valence electrons. The fraction of sp³-hybridized carbons (Fsp3) is 0.947. The summed E-state index contributed by atoms with van der Waals surface area (Å²) in [6, 6.07) is 0. The minimum Gasteiger partial charge on any atom is -0.462 e. The summed E-state index contributed by atoms with van der Waals surface area (Å²) in [7, 11) is -9.91. The summed E-state index contributed by atoms with van der Waals surface area (Å²) in [4.78, 5) is 72.8. The van der Waals surface area contributed by atoms with E-state index in [0.29, 0.717) is 25.7 Å². The monoisotopic (exact) mass is 1400 g/mol. The molecule has 19 heteroatoms. The van der Waals surface area contributed by atoms with Crippen LogP contribution in [0.3, 0.4) is 0 Å². The zero-order chi connectivity index (χ0) is 70.1. The molecular formula is C76H148O17P2. The highest BCUT2D eigenvalue weighted by Crippen LogP contribution is 2.45. The van der Waals surface area contributed by atoms with E-state index in [2.05, 4.69) is 48.5 Å². The number of ether oxygens (including phenoxy) is 4. The van der Waals surface area contributed by atoms with Crippen molar-refractivity contribution in [1.82, 2.24) is 0 Å². The second kappa shape index (κ2) is 66.6. The van der Waals surface area contributed by atoms with Crippen LogP contribution in [0.15, 0.2) is 0 Å². The summed E-state index contributed by atoms with van der Waals surface area (Å²) >= 11 is 0. The summed E-state index contributed by atoms with van der Waals surface area (Å²) in [6.45, 7) is 11.8. The van der Waals surface area contributed by atoms with Crippen LogP contribution >= 0.6 is 15.6 Å². The topological polar surface area (TPSA) is 237 Å². The van der Waals surface area contributed by atoms with Crippen LogP contribution in [0.4, 0.5) is 0 Å². The number of hydrogen-bond acceptors (Lipinski definition) is 15. The number of hydrogen-bond donors (Lipinski definition) is 3. The van der Waals surface area contributed by atoms with Crippen LogP contribution < -0.4 is 0 Å². The van der Waals surface area contributed by atoms with Gasteiger partial charge in [-0.1, -0.05) is 337 Å². The van der Waals surface area contributed by atoms with Gasteiger partial charge in [0.1, 0.15) is 19.3 Å². The Balaban J connectivity index is 5.22. The Labute approximate surface area is 581 Å². The predicted molar refractivity (Wildman–Crippen MR) is 386 cm³/mol. The molecule has 17 nitrogen and oxygen atoms in total. The van der Waals surface area contributed by atoms with Gasteiger partial charge in [-0.15, -0.1) is 0 Å². The summed E-state index contributed by atoms with van der Waals surface area (Å²) < 4.78 is 68.5.